The highest BCUT2D eigenvalue weighted by molar-refractivity contribution is 5.81. The molecule has 4 amide bonds. The van der Waals surface area contributed by atoms with Gasteiger partial charge in [0.15, 0.2) is 0 Å². The Morgan fingerprint density at radius 1 is 0.571 bits per heavy atom. The number of nitrogens with one attached hydrogen (secondary N) is 4. The van der Waals surface area contributed by atoms with Gasteiger partial charge in [-0.15, -0.1) is 0 Å². The van der Waals surface area contributed by atoms with Crippen LogP contribution < -0.4 is 21.3 Å². The smallest absolute Gasteiger partial charge is 0.234 e. The van der Waals surface area contributed by atoms with Crippen LogP contribution in [-0.2, 0) is 19.2 Å². The topological polar surface area (TPSA) is 120 Å². The van der Waals surface area contributed by atoms with E-state index >= 15 is 0 Å². The molecule has 0 atom stereocenters. The van der Waals surface area contributed by atoms with Gasteiger partial charge in [0.05, 0.1) is 13.1 Å². The first-order valence-corrected chi connectivity index (χ1v) is 10.1. The van der Waals surface area contributed by atoms with Gasteiger partial charge in [-0.05, 0) is 32.7 Å². The summed E-state index contributed by atoms with van der Waals surface area (Å²) in [6.45, 7) is 6.27. The lowest BCUT2D eigenvalue weighted by molar-refractivity contribution is -0.125. The first-order valence-electron chi connectivity index (χ1n) is 10.1. The van der Waals surface area contributed by atoms with Crippen molar-refractivity contribution >= 4 is 23.6 Å². The molecule has 9 heteroatoms. The van der Waals surface area contributed by atoms with Crippen molar-refractivity contribution in [3.63, 3.8) is 0 Å². The molecule has 0 aromatic rings. The van der Waals surface area contributed by atoms with Crippen LogP contribution in [0.1, 0.15) is 52.4 Å². The molecule has 0 aliphatic heterocycles. The van der Waals surface area contributed by atoms with Crippen LogP contribution in [0.4, 0.5) is 0 Å². The van der Waals surface area contributed by atoms with Gasteiger partial charge in [0.2, 0.25) is 23.6 Å². The van der Waals surface area contributed by atoms with Gasteiger partial charge in [0.25, 0.3) is 0 Å². The SMILES string of the molecule is CCC(=O)NCCCCNC(=O)CN(C)CC(=O)NCCCCNC(=O)CC. The fourth-order valence-electron chi connectivity index (χ4n) is 2.32. The quantitative estimate of drug-likeness (QED) is 0.267. The predicted octanol–water partition coefficient (Wildman–Crippen LogP) is -0.237. The Balaban J connectivity index is 3.63. The van der Waals surface area contributed by atoms with Crippen LogP contribution in [-0.4, -0.2) is 74.8 Å². The van der Waals surface area contributed by atoms with Crippen LogP contribution in [0.5, 0.6) is 0 Å². The van der Waals surface area contributed by atoms with Gasteiger partial charge in [0, 0.05) is 39.0 Å². The van der Waals surface area contributed by atoms with E-state index in [0.717, 1.165) is 25.7 Å². The first-order chi connectivity index (χ1) is 13.4. The molecule has 0 unspecified atom stereocenters. The van der Waals surface area contributed by atoms with Crippen molar-refractivity contribution in [1.82, 2.24) is 26.2 Å². The fraction of sp³-hybridized carbons (Fsp3) is 0.789. The minimum absolute atomic E-state index is 0.0344. The lowest BCUT2D eigenvalue weighted by atomic mass is 10.3. The highest BCUT2D eigenvalue weighted by Crippen LogP contribution is 1.89. The van der Waals surface area contributed by atoms with E-state index in [4.69, 9.17) is 0 Å². The number of carbonyl (C=O) groups excluding carboxylic acids is 4. The molecule has 0 aromatic carbocycles. The van der Waals surface area contributed by atoms with E-state index < -0.39 is 0 Å². The molecule has 0 heterocycles. The first kappa shape index (κ1) is 25.8. The molecule has 0 bridgehead atoms. The van der Waals surface area contributed by atoms with Gasteiger partial charge in [-0.2, -0.15) is 0 Å². The molecule has 0 radical (unpaired) electrons. The van der Waals surface area contributed by atoms with Gasteiger partial charge in [-0.3, -0.25) is 24.1 Å². The number of unbranched alkanes of at least 4 members (excludes halogenated alkanes) is 2. The summed E-state index contributed by atoms with van der Waals surface area (Å²) in [6, 6.07) is 0. The van der Waals surface area contributed by atoms with Crippen LogP contribution in [0.3, 0.4) is 0 Å². The van der Waals surface area contributed by atoms with Crippen molar-refractivity contribution in [1.29, 1.82) is 0 Å². The minimum atomic E-state index is -0.125. The van der Waals surface area contributed by atoms with Gasteiger partial charge < -0.3 is 21.3 Å². The summed E-state index contributed by atoms with van der Waals surface area (Å²) in [5, 5.41) is 11.2. The summed E-state index contributed by atoms with van der Waals surface area (Å²) in [5.41, 5.74) is 0. The van der Waals surface area contributed by atoms with Crippen LogP contribution in [0.2, 0.25) is 0 Å². The Bertz CT molecular complexity index is 443. The Labute approximate surface area is 168 Å². The zero-order chi connectivity index (χ0) is 21.2. The molecule has 0 rings (SSSR count). The highest BCUT2D eigenvalue weighted by Gasteiger charge is 2.10. The highest BCUT2D eigenvalue weighted by atomic mass is 16.2. The second kappa shape index (κ2) is 17.0. The maximum Gasteiger partial charge on any atom is 0.234 e. The molecule has 4 N–H and O–H groups in total. The van der Waals surface area contributed by atoms with Gasteiger partial charge in [-0.25, -0.2) is 0 Å². The second-order valence-corrected chi connectivity index (χ2v) is 6.69. The van der Waals surface area contributed by atoms with Crippen LogP contribution >= 0.6 is 0 Å². The Kier molecular flexibility index (Phi) is 15.7. The lowest BCUT2D eigenvalue weighted by Gasteiger charge is -2.16. The molecule has 0 saturated heterocycles. The van der Waals surface area contributed by atoms with Gasteiger partial charge in [-0.1, -0.05) is 13.8 Å². The van der Waals surface area contributed by atoms with Crippen LogP contribution in [0, 0.1) is 0 Å². The maximum absolute atomic E-state index is 11.8. The lowest BCUT2D eigenvalue weighted by Crippen LogP contribution is -2.41. The minimum Gasteiger partial charge on any atom is -0.356 e. The number of nitrogens with zero attached hydrogens (tertiary/aromatic N) is 1. The van der Waals surface area contributed by atoms with E-state index in [1.54, 1.807) is 11.9 Å². The Morgan fingerprint density at radius 2 is 0.857 bits per heavy atom. The molecule has 0 aromatic heterocycles. The number of amides is 4. The van der Waals surface area contributed by atoms with E-state index in [1.165, 1.54) is 0 Å². The molecule has 0 aliphatic carbocycles. The van der Waals surface area contributed by atoms with Crippen molar-refractivity contribution in [2.45, 2.75) is 52.4 Å². The van der Waals surface area contributed by atoms with Crippen molar-refractivity contribution in [2.24, 2.45) is 0 Å². The molecule has 0 aliphatic rings. The number of carbonyl (C=O) groups is 4. The molecule has 0 fully saturated rings. The molecule has 0 spiro atoms. The number of hydrogen-bond acceptors (Lipinski definition) is 5. The van der Waals surface area contributed by atoms with Crippen molar-refractivity contribution in [3.05, 3.63) is 0 Å². The van der Waals surface area contributed by atoms with Gasteiger partial charge >= 0.3 is 0 Å². The third kappa shape index (κ3) is 16.0. The molecule has 162 valence electrons. The summed E-state index contributed by atoms with van der Waals surface area (Å²) in [6.07, 6.45) is 4.16. The number of likely N-dealkylation sites (N-methyl/N-ethyl adjacent to an activating group) is 1. The van der Waals surface area contributed by atoms with Gasteiger partial charge in [0.1, 0.15) is 0 Å². The number of rotatable bonds is 16. The largest absolute Gasteiger partial charge is 0.356 e. The van der Waals surface area contributed by atoms with E-state index in [1.807, 2.05) is 13.8 Å². The fourth-order valence-corrected chi connectivity index (χ4v) is 2.32. The second-order valence-electron chi connectivity index (χ2n) is 6.69. The van der Waals surface area contributed by atoms with E-state index in [2.05, 4.69) is 21.3 Å². The van der Waals surface area contributed by atoms with Crippen LogP contribution in [0.15, 0.2) is 0 Å². The average molecular weight is 400 g/mol. The summed E-state index contributed by atoms with van der Waals surface area (Å²) < 4.78 is 0. The van der Waals surface area contributed by atoms with Crippen LogP contribution in [0.25, 0.3) is 0 Å². The summed E-state index contributed by atoms with van der Waals surface area (Å²) in [4.78, 5) is 47.5. The molecule has 9 nitrogen and oxygen atoms in total. The predicted molar refractivity (Wildman–Crippen MR) is 109 cm³/mol. The normalized spacial score (nSPS) is 10.4. The third-order valence-electron chi connectivity index (χ3n) is 3.97. The zero-order valence-electron chi connectivity index (χ0n) is 17.6. The molecule has 0 saturated carbocycles. The maximum atomic E-state index is 11.8. The van der Waals surface area contributed by atoms with E-state index in [0.29, 0.717) is 39.0 Å². The Morgan fingerprint density at radius 3 is 1.14 bits per heavy atom. The Hall–Kier alpha value is -2.16. The molecule has 28 heavy (non-hydrogen) atoms. The summed E-state index contributed by atoms with van der Waals surface area (Å²) in [5.74, 6) is -0.182. The standard InChI is InChI=1S/C19H37N5O4/c1-4-16(25)20-10-6-8-12-22-18(27)14-24(3)15-19(28)23-13-9-7-11-21-17(26)5-2/h4-15H2,1-3H3,(H,20,25)(H,21,26)(H,22,27)(H,23,28). The van der Waals surface area contributed by atoms with E-state index in [-0.39, 0.29) is 36.7 Å². The average Bonchev–Trinajstić information content (AvgIpc) is 2.66. The van der Waals surface area contributed by atoms with Crippen molar-refractivity contribution in [2.75, 3.05) is 46.3 Å². The summed E-state index contributed by atoms with van der Waals surface area (Å²) >= 11 is 0. The number of hydrogen-bond donors (Lipinski definition) is 4. The van der Waals surface area contributed by atoms with Crippen molar-refractivity contribution < 1.29 is 19.2 Å². The molecular weight excluding hydrogens is 362 g/mol. The van der Waals surface area contributed by atoms with E-state index in [9.17, 15) is 19.2 Å². The third-order valence-corrected chi connectivity index (χ3v) is 3.97. The monoisotopic (exact) mass is 399 g/mol. The zero-order valence-corrected chi connectivity index (χ0v) is 17.6. The molecular formula is C19H37N5O4. The summed E-state index contributed by atoms with van der Waals surface area (Å²) in [7, 11) is 1.72. The van der Waals surface area contributed by atoms with Crippen molar-refractivity contribution in [3.8, 4) is 0 Å².